The standard InChI is InChI=1S/C18H23N/c1-15(19-2)18(13-16-9-5-3-6-10-16)14-17-11-7-4-8-12-17/h3-12,15,18-19H,13-14H2,1-2H3. The molecule has 0 aliphatic heterocycles. The van der Waals surface area contributed by atoms with Crippen molar-refractivity contribution in [2.45, 2.75) is 25.8 Å². The molecular formula is C18H23N. The molecule has 1 nitrogen and oxygen atoms in total. The first-order valence-electron chi connectivity index (χ1n) is 7.04. The summed E-state index contributed by atoms with van der Waals surface area (Å²) in [5.41, 5.74) is 2.84. The van der Waals surface area contributed by atoms with Crippen LogP contribution in [0.4, 0.5) is 0 Å². The van der Waals surface area contributed by atoms with E-state index in [0.29, 0.717) is 12.0 Å². The summed E-state index contributed by atoms with van der Waals surface area (Å²) in [6.07, 6.45) is 2.25. The van der Waals surface area contributed by atoms with Crippen LogP contribution in [0, 0.1) is 5.92 Å². The second-order valence-electron chi connectivity index (χ2n) is 5.22. The largest absolute Gasteiger partial charge is 0.317 e. The highest BCUT2D eigenvalue weighted by Gasteiger charge is 2.16. The van der Waals surface area contributed by atoms with Gasteiger partial charge in [-0.1, -0.05) is 60.7 Å². The highest BCUT2D eigenvalue weighted by Crippen LogP contribution is 2.18. The summed E-state index contributed by atoms with van der Waals surface area (Å²) in [4.78, 5) is 0. The van der Waals surface area contributed by atoms with Crippen molar-refractivity contribution in [3.63, 3.8) is 0 Å². The minimum absolute atomic E-state index is 0.514. The molecule has 0 saturated carbocycles. The molecule has 19 heavy (non-hydrogen) atoms. The van der Waals surface area contributed by atoms with E-state index in [9.17, 15) is 0 Å². The Hall–Kier alpha value is -1.60. The van der Waals surface area contributed by atoms with Crippen molar-refractivity contribution in [3.8, 4) is 0 Å². The van der Waals surface area contributed by atoms with E-state index in [1.54, 1.807) is 0 Å². The summed E-state index contributed by atoms with van der Waals surface area (Å²) in [6, 6.07) is 22.1. The van der Waals surface area contributed by atoms with E-state index in [2.05, 4.69) is 72.9 Å². The first kappa shape index (κ1) is 13.8. The number of hydrogen-bond acceptors (Lipinski definition) is 1. The van der Waals surface area contributed by atoms with Crippen molar-refractivity contribution >= 4 is 0 Å². The molecule has 0 saturated heterocycles. The minimum Gasteiger partial charge on any atom is -0.317 e. The third-order valence-electron chi connectivity index (χ3n) is 3.84. The first-order chi connectivity index (χ1) is 9.29. The predicted molar refractivity (Wildman–Crippen MR) is 82.3 cm³/mol. The van der Waals surface area contributed by atoms with Crippen LogP contribution in [-0.2, 0) is 12.8 Å². The smallest absolute Gasteiger partial charge is 0.00703 e. The molecular weight excluding hydrogens is 230 g/mol. The van der Waals surface area contributed by atoms with E-state index in [4.69, 9.17) is 0 Å². The first-order valence-corrected chi connectivity index (χ1v) is 7.04. The number of benzene rings is 2. The number of hydrogen-bond donors (Lipinski definition) is 1. The van der Waals surface area contributed by atoms with Gasteiger partial charge in [-0.2, -0.15) is 0 Å². The van der Waals surface area contributed by atoms with Gasteiger partial charge in [-0.05, 0) is 43.9 Å². The summed E-state index contributed by atoms with van der Waals surface area (Å²) in [7, 11) is 2.05. The van der Waals surface area contributed by atoms with E-state index < -0.39 is 0 Å². The van der Waals surface area contributed by atoms with Gasteiger partial charge in [0.05, 0.1) is 0 Å². The topological polar surface area (TPSA) is 12.0 Å². The Labute approximate surface area is 116 Å². The quantitative estimate of drug-likeness (QED) is 0.828. The van der Waals surface area contributed by atoms with Gasteiger partial charge in [0.25, 0.3) is 0 Å². The average molecular weight is 253 g/mol. The Bertz CT molecular complexity index is 422. The zero-order chi connectivity index (χ0) is 13.5. The van der Waals surface area contributed by atoms with E-state index in [1.807, 2.05) is 7.05 Å². The van der Waals surface area contributed by atoms with Crippen molar-refractivity contribution in [1.82, 2.24) is 5.32 Å². The van der Waals surface area contributed by atoms with Gasteiger partial charge in [0.2, 0.25) is 0 Å². The maximum atomic E-state index is 3.41. The van der Waals surface area contributed by atoms with E-state index in [0.717, 1.165) is 12.8 Å². The third-order valence-corrected chi connectivity index (χ3v) is 3.84. The Kier molecular flexibility index (Phi) is 5.17. The lowest BCUT2D eigenvalue weighted by Crippen LogP contribution is -2.33. The minimum atomic E-state index is 0.514. The monoisotopic (exact) mass is 253 g/mol. The molecule has 0 bridgehead atoms. The normalized spacial score (nSPS) is 12.6. The molecule has 1 unspecified atom stereocenters. The molecule has 0 aromatic heterocycles. The highest BCUT2D eigenvalue weighted by atomic mass is 14.9. The third kappa shape index (κ3) is 4.22. The van der Waals surface area contributed by atoms with Gasteiger partial charge < -0.3 is 5.32 Å². The van der Waals surface area contributed by atoms with Gasteiger partial charge >= 0.3 is 0 Å². The Balaban J connectivity index is 2.08. The van der Waals surface area contributed by atoms with Crippen molar-refractivity contribution in [2.24, 2.45) is 5.92 Å². The van der Waals surface area contributed by atoms with Gasteiger partial charge in [-0.15, -0.1) is 0 Å². The molecule has 0 aliphatic rings. The summed E-state index contributed by atoms with van der Waals surface area (Å²) in [5.74, 6) is 0.620. The van der Waals surface area contributed by atoms with Crippen LogP contribution in [0.1, 0.15) is 18.1 Å². The van der Waals surface area contributed by atoms with Crippen LogP contribution in [0.5, 0.6) is 0 Å². The molecule has 0 heterocycles. The summed E-state index contributed by atoms with van der Waals surface area (Å²) in [5, 5.41) is 3.41. The molecule has 0 fully saturated rings. The van der Waals surface area contributed by atoms with Crippen LogP contribution in [0.25, 0.3) is 0 Å². The lowest BCUT2D eigenvalue weighted by atomic mass is 9.87. The van der Waals surface area contributed by atoms with Gasteiger partial charge in [-0.3, -0.25) is 0 Å². The maximum absolute atomic E-state index is 3.41. The van der Waals surface area contributed by atoms with Gasteiger partial charge in [0.15, 0.2) is 0 Å². The molecule has 0 radical (unpaired) electrons. The highest BCUT2D eigenvalue weighted by molar-refractivity contribution is 5.19. The Morgan fingerprint density at radius 1 is 0.789 bits per heavy atom. The molecule has 0 spiro atoms. The summed E-state index contributed by atoms with van der Waals surface area (Å²) in [6.45, 7) is 2.27. The molecule has 2 rings (SSSR count). The maximum Gasteiger partial charge on any atom is 0.00703 e. The SMILES string of the molecule is CNC(C)C(Cc1ccccc1)Cc1ccccc1. The molecule has 2 aromatic carbocycles. The van der Waals surface area contributed by atoms with Crippen LogP contribution in [0.3, 0.4) is 0 Å². The summed E-state index contributed by atoms with van der Waals surface area (Å²) >= 11 is 0. The predicted octanol–water partition coefficient (Wildman–Crippen LogP) is 3.70. The van der Waals surface area contributed by atoms with Gasteiger partial charge in [-0.25, -0.2) is 0 Å². The van der Waals surface area contributed by atoms with Gasteiger partial charge in [0, 0.05) is 6.04 Å². The number of rotatable bonds is 6. The lowest BCUT2D eigenvalue weighted by Gasteiger charge is -2.24. The average Bonchev–Trinajstić information content (AvgIpc) is 2.48. The molecule has 0 amide bonds. The Morgan fingerprint density at radius 2 is 1.21 bits per heavy atom. The molecule has 1 heteroatoms. The van der Waals surface area contributed by atoms with Crippen LogP contribution in [0.15, 0.2) is 60.7 Å². The molecule has 1 N–H and O–H groups in total. The van der Waals surface area contributed by atoms with Crippen LogP contribution in [0.2, 0.25) is 0 Å². The van der Waals surface area contributed by atoms with Crippen molar-refractivity contribution < 1.29 is 0 Å². The molecule has 100 valence electrons. The molecule has 0 aliphatic carbocycles. The van der Waals surface area contributed by atoms with Gasteiger partial charge in [0.1, 0.15) is 0 Å². The molecule has 1 atom stereocenters. The van der Waals surface area contributed by atoms with E-state index in [1.165, 1.54) is 11.1 Å². The lowest BCUT2D eigenvalue weighted by molar-refractivity contribution is 0.390. The van der Waals surface area contributed by atoms with E-state index >= 15 is 0 Å². The van der Waals surface area contributed by atoms with Crippen LogP contribution < -0.4 is 5.32 Å². The zero-order valence-electron chi connectivity index (χ0n) is 11.8. The van der Waals surface area contributed by atoms with Crippen molar-refractivity contribution in [2.75, 3.05) is 7.05 Å². The second-order valence-corrected chi connectivity index (χ2v) is 5.22. The fraction of sp³-hybridized carbons (Fsp3) is 0.333. The van der Waals surface area contributed by atoms with Crippen LogP contribution >= 0.6 is 0 Å². The molecule has 2 aromatic rings. The van der Waals surface area contributed by atoms with E-state index in [-0.39, 0.29) is 0 Å². The van der Waals surface area contributed by atoms with Crippen molar-refractivity contribution in [3.05, 3.63) is 71.8 Å². The zero-order valence-corrected chi connectivity index (χ0v) is 11.8. The number of nitrogens with one attached hydrogen (secondary N) is 1. The fourth-order valence-corrected chi connectivity index (χ4v) is 2.50. The second kappa shape index (κ2) is 7.10. The fourth-order valence-electron chi connectivity index (χ4n) is 2.50. The summed E-state index contributed by atoms with van der Waals surface area (Å²) < 4.78 is 0. The Morgan fingerprint density at radius 3 is 1.58 bits per heavy atom. The van der Waals surface area contributed by atoms with Crippen molar-refractivity contribution in [1.29, 1.82) is 0 Å². The van der Waals surface area contributed by atoms with Crippen LogP contribution in [-0.4, -0.2) is 13.1 Å².